The number of allylic oxidation sites excluding steroid dienone is 1. The smallest absolute Gasteiger partial charge is 0.334 e. The number of methoxy groups -OCH3 is 2. The molecule has 1 aromatic heterocycles. The van der Waals surface area contributed by atoms with Crippen LogP contribution in [0.1, 0.15) is 18.2 Å². The van der Waals surface area contributed by atoms with Crippen LogP contribution in [0, 0.1) is 28.7 Å². The highest BCUT2D eigenvalue weighted by atomic mass is 19.2. The third-order valence-corrected chi connectivity index (χ3v) is 5.95. The van der Waals surface area contributed by atoms with Crippen molar-refractivity contribution in [2.24, 2.45) is 0 Å². The summed E-state index contributed by atoms with van der Waals surface area (Å²) < 4.78 is 68.8. The van der Waals surface area contributed by atoms with E-state index in [1.807, 2.05) is 0 Å². The van der Waals surface area contributed by atoms with E-state index in [0.29, 0.717) is 16.8 Å². The second kappa shape index (κ2) is 10.6. The van der Waals surface area contributed by atoms with Gasteiger partial charge >= 0.3 is 6.03 Å². The fraction of sp³-hybridized carbons (Fsp3) is 0.192. The summed E-state index contributed by atoms with van der Waals surface area (Å²) in [5.74, 6) is -3.72. The lowest BCUT2D eigenvalue weighted by Gasteiger charge is -2.37. The Morgan fingerprint density at radius 1 is 1.05 bits per heavy atom. The van der Waals surface area contributed by atoms with Gasteiger partial charge in [-0.1, -0.05) is 6.82 Å². The van der Waals surface area contributed by atoms with Crippen LogP contribution in [0.4, 0.5) is 39.4 Å². The topological polar surface area (TPSA) is 78.8 Å². The largest absolute Gasteiger partial charge is 0.493 e. The highest BCUT2D eigenvalue weighted by molar-refractivity contribution is 6.45. The Labute approximate surface area is 217 Å². The number of pyridine rings is 1. The summed E-state index contributed by atoms with van der Waals surface area (Å²) in [5, 5.41) is 8.09. The minimum absolute atomic E-state index is 0.0909. The SMILES string of the molecule is C[B]/C=C(\C(C)=N)c1cc2c(cn1)CN(c1c(F)c(OC)cc(OC)c1F)C(=O)N2c1ccc(F)c(F)c1. The minimum Gasteiger partial charge on any atom is -0.493 e. The second-order valence-electron chi connectivity index (χ2n) is 8.30. The maximum Gasteiger partial charge on any atom is 0.334 e. The molecule has 1 aliphatic rings. The maximum absolute atomic E-state index is 15.4. The minimum atomic E-state index is -1.22. The van der Waals surface area contributed by atoms with Crippen LogP contribution in [0.15, 0.2) is 42.5 Å². The molecule has 195 valence electrons. The third-order valence-electron chi connectivity index (χ3n) is 5.95. The molecule has 1 aliphatic heterocycles. The third kappa shape index (κ3) is 4.57. The van der Waals surface area contributed by atoms with Crippen molar-refractivity contribution in [3.8, 4) is 11.5 Å². The van der Waals surface area contributed by atoms with Gasteiger partial charge in [-0.25, -0.2) is 22.4 Å². The number of rotatable bonds is 7. The van der Waals surface area contributed by atoms with Gasteiger partial charge in [0.25, 0.3) is 0 Å². The summed E-state index contributed by atoms with van der Waals surface area (Å²) in [4.78, 5) is 20.1. The number of amides is 2. The Morgan fingerprint density at radius 3 is 2.26 bits per heavy atom. The molecule has 0 fully saturated rings. The molecule has 38 heavy (non-hydrogen) atoms. The Morgan fingerprint density at radius 2 is 1.71 bits per heavy atom. The number of nitrogens with zero attached hydrogens (tertiary/aromatic N) is 3. The number of anilines is 3. The van der Waals surface area contributed by atoms with Crippen LogP contribution in [0.3, 0.4) is 0 Å². The molecule has 12 heteroatoms. The van der Waals surface area contributed by atoms with E-state index in [-0.39, 0.29) is 35.1 Å². The van der Waals surface area contributed by atoms with Gasteiger partial charge in [0, 0.05) is 35.2 Å². The molecule has 3 aromatic rings. The van der Waals surface area contributed by atoms with Crippen LogP contribution in [0.25, 0.3) is 5.57 Å². The van der Waals surface area contributed by atoms with Crippen molar-refractivity contribution < 1.29 is 31.8 Å². The number of benzene rings is 2. The van der Waals surface area contributed by atoms with Gasteiger partial charge in [0.05, 0.1) is 37.8 Å². The zero-order valence-corrected chi connectivity index (χ0v) is 20.9. The van der Waals surface area contributed by atoms with Crippen molar-refractivity contribution in [3.05, 3.63) is 77.0 Å². The molecule has 0 aliphatic carbocycles. The number of hydrogen-bond donors (Lipinski definition) is 1. The standard InChI is InChI=1S/C26H22BF4N4O3/c1-13(32)16(10-27-2)19-8-20-14(11-33-19)12-34(25-23(30)21(37-3)9-22(38-4)24(25)31)26(36)35(20)15-5-6-17(28)18(29)7-15/h5-11,32H,12H2,1-4H3/b16-10+,32-13?. The van der Waals surface area contributed by atoms with E-state index in [2.05, 4.69) is 4.98 Å². The van der Waals surface area contributed by atoms with Crippen molar-refractivity contribution in [1.29, 1.82) is 5.41 Å². The van der Waals surface area contributed by atoms with Gasteiger partial charge in [-0.05, 0) is 25.1 Å². The zero-order chi connectivity index (χ0) is 27.7. The van der Waals surface area contributed by atoms with Gasteiger partial charge in [0.2, 0.25) is 0 Å². The highest BCUT2D eigenvalue weighted by Crippen LogP contribution is 2.43. The average Bonchev–Trinajstić information content (AvgIpc) is 2.89. The van der Waals surface area contributed by atoms with Crippen LogP contribution >= 0.6 is 0 Å². The number of halogens is 4. The molecular weight excluding hydrogens is 503 g/mol. The summed E-state index contributed by atoms with van der Waals surface area (Å²) in [7, 11) is 4.07. The molecular formula is C26H22BF4N4O3. The Balaban J connectivity index is 1.97. The highest BCUT2D eigenvalue weighted by Gasteiger charge is 2.38. The summed E-state index contributed by atoms with van der Waals surface area (Å²) in [6.07, 6.45) is 1.40. The van der Waals surface area contributed by atoms with Crippen LogP contribution in [0.2, 0.25) is 6.82 Å². The number of ether oxygens (including phenoxy) is 2. The quantitative estimate of drug-likeness (QED) is 0.231. The lowest BCUT2D eigenvalue weighted by molar-refractivity contribution is 0.251. The van der Waals surface area contributed by atoms with Gasteiger partial charge in [-0.2, -0.15) is 0 Å². The predicted molar refractivity (Wildman–Crippen MR) is 137 cm³/mol. The summed E-state index contributed by atoms with van der Waals surface area (Å²) in [6.45, 7) is 3.02. The fourth-order valence-electron chi connectivity index (χ4n) is 4.14. The molecule has 0 saturated heterocycles. The van der Waals surface area contributed by atoms with Crippen LogP contribution < -0.4 is 19.3 Å². The number of carbonyl (C=O) groups is 1. The molecule has 4 rings (SSSR count). The van der Waals surface area contributed by atoms with E-state index in [1.165, 1.54) is 32.5 Å². The summed E-state index contributed by atoms with van der Waals surface area (Å²) >= 11 is 0. The summed E-state index contributed by atoms with van der Waals surface area (Å²) in [6, 6.07) is 4.38. The van der Waals surface area contributed by atoms with E-state index in [0.717, 1.165) is 28.0 Å². The first kappa shape index (κ1) is 26.7. The number of urea groups is 1. The lowest BCUT2D eigenvalue weighted by Crippen LogP contribution is -2.46. The number of fused-ring (bicyclic) bond motifs is 1. The molecule has 0 saturated carbocycles. The lowest BCUT2D eigenvalue weighted by atomic mass is 9.79. The van der Waals surface area contributed by atoms with E-state index < -0.39 is 35.0 Å². The summed E-state index contributed by atoms with van der Waals surface area (Å²) in [5.41, 5.74) is 0.735. The van der Waals surface area contributed by atoms with Gasteiger partial charge in [0.1, 0.15) is 13.0 Å². The predicted octanol–water partition coefficient (Wildman–Crippen LogP) is 6.07. The van der Waals surface area contributed by atoms with Crippen LogP contribution in [0.5, 0.6) is 11.5 Å². The molecule has 2 amide bonds. The zero-order valence-electron chi connectivity index (χ0n) is 20.9. The monoisotopic (exact) mass is 525 g/mol. The number of hydrogen-bond acceptors (Lipinski definition) is 5. The molecule has 0 atom stereocenters. The number of carbonyl (C=O) groups excluding carboxylic acids is 1. The maximum atomic E-state index is 15.4. The normalized spacial score (nSPS) is 13.4. The van der Waals surface area contributed by atoms with E-state index in [4.69, 9.17) is 14.9 Å². The Kier molecular flexibility index (Phi) is 7.43. The van der Waals surface area contributed by atoms with Crippen LogP contribution in [-0.4, -0.2) is 38.2 Å². The van der Waals surface area contributed by atoms with Crippen molar-refractivity contribution in [2.75, 3.05) is 24.0 Å². The molecule has 0 bridgehead atoms. The first-order valence-corrected chi connectivity index (χ1v) is 11.3. The van der Waals surface area contributed by atoms with Crippen molar-refractivity contribution in [1.82, 2.24) is 4.98 Å². The van der Waals surface area contributed by atoms with Gasteiger partial charge in [0.15, 0.2) is 34.8 Å². The van der Waals surface area contributed by atoms with Crippen molar-refractivity contribution in [2.45, 2.75) is 20.3 Å². The molecule has 1 N–H and O–H groups in total. The second-order valence-corrected chi connectivity index (χ2v) is 8.30. The van der Waals surface area contributed by atoms with Gasteiger partial charge < -0.3 is 14.9 Å². The first-order valence-electron chi connectivity index (χ1n) is 11.3. The molecule has 0 spiro atoms. The molecule has 2 aromatic carbocycles. The first-order chi connectivity index (χ1) is 18.1. The van der Waals surface area contributed by atoms with Crippen molar-refractivity contribution in [3.63, 3.8) is 0 Å². The Bertz CT molecular complexity index is 1450. The molecule has 7 nitrogen and oxygen atoms in total. The molecule has 2 heterocycles. The number of nitrogens with one attached hydrogen (secondary N) is 1. The molecule has 0 unspecified atom stereocenters. The van der Waals surface area contributed by atoms with Crippen LogP contribution in [-0.2, 0) is 6.54 Å². The average molecular weight is 525 g/mol. The van der Waals surface area contributed by atoms with Crippen molar-refractivity contribution >= 4 is 41.7 Å². The van der Waals surface area contributed by atoms with Gasteiger partial charge in [-0.3, -0.25) is 14.8 Å². The van der Waals surface area contributed by atoms with E-state index in [1.54, 1.807) is 27.0 Å². The number of aromatic nitrogens is 1. The van der Waals surface area contributed by atoms with E-state index >= 15 is 8.78 Å². The Hall–Kier alpha value is -4.35. The van der Waals surface area contributed by atoms with E-state index in [9.17, 15) is 13.6 Å². The van der Waals surface area contributed by atoms with Gasteiger partial charge in [-0.15, -0.1) is 5.98 Å². The fourth-order valence-corrected chi connectivity index (χ4v) is 4.14. The molecule has 1 radical (unpaired) electrons.